The summed E-state index contributed by atoms with van der Waals surface area (Å²) in [5, 5.41) is 2.22. The van der Waals surface area contributed by atoms with Crippen LogP contribution in [0.25, 0.3) is 62.0 Å². The average Bonchev–Trinajstić information content (AvgIpc) is 3.82. The molecule has 0 N–H and O–H groups in total. The fraction of sp³-hybridized carbons (Fsp3) is 0.0345. The second-order valence-corrected chi connectivity index (χ2v) is 16.5. The molecule has 4 heterocycles. The molecule has 0 saturated carbocycles. The van der Waals surface area contributed by atoms with E-state index in [0.29, 0.717) is 11.5 Å². The van der Waals surface area contributed by atoms with Gasteiger partial charge in [-0.3, -0.25) is 0 Å². The minimum atomic E-state index is -0.746. The van der Waals surface area contributed by atoms with E-state index in [0.717, 1.165) is 50.2 Å². The molecule has 0 saturated heterocycles. The number of ether oxygens (including phenoxy) is 1. The minimum absolute atomic E-state index is 0. The predicted molar refractivity (Wildman–Crippen MR) is 256 cm³/mol. The summed E-state index contributed by atoms with van der Waals surface area (Å²) in [4.78, 5) is 9.26. The first-order valence-corrected chi connectivity index (χ1v) is 21.3. The molecule has 1 aliphatic carbocycles. The molecule has 0 amide bonds. The van der Waals surface area contributed by atoms with E-state index in [2.05, 4.69) is 210 Å². The van der Waals surface area contributed by atoms with Crippen molar-refractivity contribution >= 4 is 51.0 Å². The first kappa shape index (κ1) is 38.2. The average molecular weight is 1000 g/mol. The molecule has 308 valence electrons. The third-order valence-electron chi connectivity index (χ3n) is 13.1. The Labute approximate surface area is 386 Å². The van der Waals surface area contributed by atoms with E-state index in [-0.39, 0.29) is 21.1 Å². The van der Waals surface area contributed by atoms with E-state index >= 15 is 0 Å². The van der Waals surface area contributed by atoms with Gasteiger partial charge in [0.2, 0.25) is 0 Å². The fourth-order valence-corrected chi connectivity index (χ4v) is 10.3. The Balaban J connectivity index is 0.00000433. The Morgan fingerprint density at radius 3 is 1.91 bits per heavy atom. The molecule has 2 aromatic heterocycles. The Bertz CT molecular complexity index is 3400. The molecule has 64 heavy (non-hydrogen) atoms. The van der Waals surface area contributed by atoms with Gasteiger partial charge < -0.3 is 19.1 Å². The van der Waals surface area contributed by atoms with Crippen molar-refractivity contribution in [3.8, 4) is 39.6 Å². The Morgan fingerprint density at radius 1 is 0.547 bits per heavy atom. The maximum atomic E-state index is 6.85. The monoisotopic (exact) mass is 1000 g/mol. The number of anilines is 3. The molecule has 0 bridgehead atoms. The van der Waals surface area contributed by atoms with Crippen molar-refractivity contribution in [2.75, 3.05) is 16.8 Å². The van der Waals surface area contributed by atoms with Gasteiger partial charge in [-0.25, -0.2) is 4.98 Å². The second-order valence-electron chi connectivity index (χ2n) is 16.5. The van der Waals surface area contributed by atoms with Crippen molar-refractivity contribution in [1.82, 2.24) is 9.55 Å². The predicted octanol–water partition coefficient (Wildman–Crippen LogP) is 13.8. The molecule has 0 radical (unpaired) electrons. The largest absolute Gasteiger partial charge is 0.509 e. The number of para-hydroxylation sites is 2. The molecule has 0 unspecified atom stereocenters. The van der Waals surface area contributed by atoms with Crippen LogP contribution in [0.5, 0.6) is 11.5 Å². The molecular formula is C58H37N4OPt-3. The van der Waals surface area contributed by atoms with Crippen LogP contribution in [0.15, 0.2) is 188 Å². The summed E-state index contributed by atoms with van der Waals surface area (Å²) >= 11 is 0. The van der Waals surface area contributed by atoms with E-state index in [1.807, 2.05) is 30.5 Å². The number of pyridine rings is 1. The number of benzene rings is 8. The van der Waals surface area contributed by atoms with Gasteiger partial charge in [0.05, 0.1) is 0 Å². The summed E-state index contributed by atoms with van der Waals surface area (Å²) in [6.07, 6.45) is 6.42. The van der Waals surface area contributed by atoms with Gasteiger partial charge in [-0.15, -0.1) is 35.2 Å². The Morgan fingerprint density at radius 2 is 1.20 bits per heavy atom. The molecule has 2 aliphatic heterocycles. The number of rotatable bonds is 5. The van der Waals surface area contributed by atoms with Gasteiger partial charge in [-0.1, -0.05) is 157 Å². The minimum Gasteiger partial charge on any atom is -0.509 e. The molecule has 0 fully saturated rings. The van der Waals surface area contributed by atoms with Crippen LogP contribution in [0.1, 0.15) is 33.4 Å². The van der Waals surface area contributed by atoms with Gasteiger partial charge in [0.1, 0.15) is 5.82 Å². The van der Waals surface area contributed by atoms with Gasteiger partial charge in [0.25, 0.3) is 0 Å². The number of nitrogens with zero attached hydrogens (tertiary/aromatic N) is 4. The van der Waals surface area contributed by atoms with Crippen LogP contribution in [0.3, 0.4) is 0 Å². The van der Waals surface area contributed by atoms with Crippen LogP contribution in [0.4, 0.5) is 17.1 Å². The van der Waals surface area contributed by atoms with Crippen molar-refractivity contribution in [2.24, 2.45) is 0 Å². The van der Waals surface area contributed by atoms with Crippen LogP contribution in [-0.2, 0) is 26.5 Å². The second kappa shape index (κ2) is 14.8. The maximum absolute atomic E-state index is 6.85. The summed E-state index contributed by atoms with van der Waals surface area (Å²) in [6, 6.07) is 72.6. The fourth-order valence-electron chi connectivity index (χ4n) is 10.3. The normalized spacial score (nSPS) is 13.8. The zero-order chi connectivity index (χ0) is 41.6. The number of hydrogen-bond donors (Lipinski definition) is 0. The van der Waals surface area contributed by atoms with Gasteiger partial charge in [-0.05, 0) is 86.8 Å². The maximum Gasteiger partial charge on any atom is 0.135 e. The zero-order valence-electron chi connectivity index (χ0n) is 34.6. The molecule has 10 aromatic rings. The number of fused-ring (bicyclic) bond motifs is 11. The van der Waals surface area contributed by atoms with E-state index in [9.17, 15) is 0 Å². The molecule has 5 nitrogen and oxygen atoms in total. The van der Waals surface area contributed by atoms with Gasteiger partial charge in [0.15, 0.2) is 0 Å². The summed E-state index contributed by atoms with van der Waals surface area (Å²) in [7, 11) is 2.13. The van der Waals surface area contributed by atoms with Crippen molar-refractivity contribution in [3.05, 3.63) is 240 Å². The quantitative estimate of drug-likeness (QED) is 0.161. The van der Waals surface area contributed by atoms with E-state index in [1.165, 1.54) is 50.1 Å². The molecule has 0 atom stereocenters. The van der Waals surface area contributed by atoms with Crippen LogP contribution in [-0.4, -0.2) is 16.6 Å². The molecule has 8 aromatic carbocycles. The SMILES string of the molecule is CN1[CH-]N2c3[c-]c(Oc4[c-]c5c(cc4)c4ccccc4n5-c4ccccn4)ccc3C3(c4cc(-c5ccccc5)ccc4C=Cc4ccc(-c5ccccc5)cc43)c3cccc1c32.[Pt]. The standard InChI is InChI=1S/C58H37N4O.Pt/c1-60-37-61-55-36-45(63-44-28-30-47-46-17-8-9-19-52(46)62(54(47)35-44)56-21-10-11-32-59-56)29-31-48(55)58(49-18-12-20-53(60)57(49)61)50-33-42(38-13-4-2-5-14-38)26-24-40(50)22-23-41-25-27-43(34-51(41)58)39-15-6-3-7-16-39;/h2-34,37H,1H3;/q-3;. The van der Waals surface area contributed by atoms with Crippen molar-refractivity contribution in [1.29, 1.82) is 0 Å². The third-order valence-corrected chi connectivity index (χ3v) is 13.1. The topological polar surface area (TPSA) is 33.5 Å². The van der Waals surface area contributed by atoms with Crippen LogP contribution in [0.2, 0.25) is 0 Å². The van der Waals surface area contributed by atoms with Crippen LogP contribution in [0, 0.1) is 18.8 Å². The summed E-state index contributed by atoms with van der Waals surface area (Å²) < 4.78 is 9.01. The first-order valence-electron chi connectivity index (χ1n) is 21.3. The van der Waals surface area contributed by atoms with Gasteiger partial charge in [0, 0.05) is 61.1 Å². The van der Waals surface area contributed by atoms with E-state index in [4.69, 9.17) is 9.72 Å². The molecule has 3 aliphatic rings. The number of hydrogen-bond acceptors (Lipinski definition) is 4. The smallest absolute Gasteiger partial charge is 0.135 e. The summed E-state index contributed by atoms with van der Waals surface area (Å²) in [6.45, 7) is 2.18. The molecular weight excluding hydrogens is 964 g/mol. The zero-order valence-corrected chi connectivity index (χ0v) is 36.9. The van der Waals surface area contributed by atoms with Crippen molar-refractivity contribution in [2.45, 2.75) is 5.41 Å². The molecule has 13 rings (SSSR count). The first-order chi connectivity index (χ1) is 31.1. The molecule has 1 spiro atoms. The number of aromatic nitrogens is 2. The van der Waals surface area contributed by atoms with Gasteiger partial charge >= 0.3 is 0 Å². The van der Waals surface area contributed by atoms with Crippen molar-refractivity contribution in [3.63, 3.8) is 0 Å². The third kappa shape index (κ3) is 5.64. The van der Waals surface area contributed by atoms with Gasteiger partial charge in [-0.2, -0.15) is 18.8 Å². The summed E-state index contributed by atoms with van der Waals surface area (Å²) in [5.41, 5.74) is 16.3. The van der Waals surface area contributed by atoms with Crippen LogP contribution < -0.4 is 14.5 Å². The van der Waals surface area contributed by atoms with Crippen molar-refractivity contribution < 1.29 is 25.8 Å². The van der Waals surface area contributed by atoms with Crippen LogP contribution >= 0.6 is 0 Å². The molecule has 6 heteroatoms. The van der Waals surface area contributed by atoms with E-state index in [1.54, 1.807) is 0 Å². The van der Waals surface area contributed by atoms with E-state index < -0.39 is 5.41 Å². The Kier molecular flexibility index (Phi) is 8.86. The summed E-state index contributed by atoms with van der Waals surface area (Å²) in [5.74, 6) is 2.03. The Hall–Kier alpha value is -7.46.